The standard InChI is InChI=1S/C15H21NO3S/c1-19-14(18)8-15(6-7-15)10-20-9-13(17)11-2-4-12(16)5-3-11/h2-5,13,17H,6-10,16H2,1H3. The fraction of sp³-hybridized carbons (Fsp3) is 0.533. The molecule has 0 radical (unpaired) electrons. The van der Waals surface area contributed by atoms with E-state index in [1.54, 1.807) is 23.9 Å². The van der Waals surface area contributed by atoms with Gasteiger partial charge in [0.1, 0.15) is 0 Å². The summed E-state index contributed by atoms with van der Waals surface area (Å²) in [6.45, 7) is 0. The normalized spacial score (nSPS) is 17.5. The number of esters is 1. The first-order chi connectivity index (χ1) is 9.54. The maximum absolute atomic E-state index is 11.3. The Kier molecular flexibility index (Phi) is 4.94. The molecule has 1 aliphatic rings. The molecule has 2 rings (SSSR count). The van der Waals surface area contributed by atoms with Crippen molar-refractivity contribution in [3.05, 3.63) is 29.8 Å². The molecule has 1 aromatic rings. The molecule has 1 atom stereocenters. The number of rotatable bonds is 7. The Labute approximate surface area is 123 Å². The number of methoxy groups -OCH3 is 1. The van der Waals surface area contributed by atoms with Gasteiger partial charge in [0.15, 0.2) is 0 Å². The van der Waals surface area contributed by atoms with Crippen molar-refractivity contribution < 1.29 is 14.6 Å². The summed E-state index contributed by atoms with van der Waals surface area (Å²) in [5.74, 6) is 1.39. The molecule has 1 fully saturated rings. The van der Waals surface area contributed by atoms with Gasteiger partial charge in [-0.05, 0) is 41.7 Å². The average molecular weight is 295 g/mol. The Balaban J connectivity index is 1.75. The molecule has 1 aliphatic carbocycles. The van der Waals surface area contributed by atoms with E-state index in [1.165, 1.54) is 7.11 Å². The summed E-state index contributed by atoms with van der Waals surface area (Å²) in [5, 5.41) is 10.1. The van der Waals surface area contributed by atoms with Crippen molar-refractivity contribution in [2.75, 3.05) is 24.3 Å². The third-order valence-corrected chi connectivity index (χ3v) is 5.08. The number of nitrogens with two attached hydrogens (primary N) is 1. The first-order valence-electron chi connectivity index (χ1n) is 6.73. The Morgan fingerprint density at radius 3 is 2.65 bits per heavy atom. The number of benzene rings is 1. The smallest absolute Gasteiger partial charge is 0.306 e. The molecule has 0 spiro atoms. The Morgan fingerprint density at radius 1 is 1.45 bits per heavy atom. The minimum absolute atomic E-state index is 0.110. The summed E-state index contributed by atoms with van der Waals surface area (Å²) in [7, 11) is 1.43. The number of anilines is 1. The number of nitrogen functional groups attached to an aromatic ring is 1. The molecule has 1 unspecified atom stereocenters. The predicted molar refractivity (Wildman–Crippen MR) is 81.4 cm³/mol. The molecule has 3 N–H and O–H groups in total. The Bertz CT molecular complexity index is 457. The molecule has 110 valence electrons. The van der Waals surface area contributed by atoms with E-state index in [-0.39, 0.29) is 11.4 Å². The second kappa shape index (κ2) is 6.50. The lowest BCUT2D eigenvalue weighted by molar-refractivity contribution is -0.141. The third-order valence-electron chi connectivity index (χ3n) is 3.71. The number of hydrogen-bond acceptors (Lipinski definition) is 5. The Morgan fingerprint density at radius 2 is 2.10 bits per heavy atom. The molecule has 0 aliphatic heterocycles. The van der Waals surface area contributed by atoms with E-state index in [9.17, 15) is 9.90 Å². The molecule has 1 saturated carbocycles. The van der Waals surface area contributed by atoms with Gasteiger partial charge in [-0.15, -0.1) is 0 Å². The summed E-state index contributed by atoms with van der Waals surface area (Å²) in [4.78, 5) is 11.3. The van der Waals surface area contributed by atoms with Crippen LogP contribution in [-0.4, -0.2) is 29.7 Å². The van der Waals surface area contributed by atoms with E-state index >= 15 is 0 Å². The van der Waals surface area contributed by atoms with Crippen LogP contribution in [0, 0.1) is 5.41 Å². The Hall–Kier alpha value is -1.20. The zero-order chi connectivity index (χ0) is 14.6. The summed E-state index contributed by atoms with van der Waals surface area (Å²) < 4.78 is 4.72. The highest BCUT2D eigenvalue weighted by atomic mass is 32.2. The monoisotopic (exact) mass is 295 g/mol. The lowest BCUT2D eigenvalue weighted by Crippen LogP contribution is -2.14. The van der Waals surface area contributed by atoms with Gasteiger partial charge >= 0.3 is 5.97 Å². The van der Waals surface area contributed by atoms with Crippen molar-refractivity contribution in [1.82, 2.24) is 0 Å². The number of thioether (sulfide) groups is 1. The summed E-state index contributed by atoms with van der Waals surface area (Å²) >= 11 is 1.69. The van der Waals surface area contributed by atoms with Gasteiger partial charge in [-0.25, -0.2) is 0 Å². The number of aliphatic hydroxyl groups is 1. The van der Waals surface area contributed by atoms with Crippen molar-refractivity contribution in [2.45, 2.75) is 25.4 Å². The first kappa shape index (κ1) is 15.2. The third kappa shape index (κ3) is 4.15. The van der Waals surface area contributed by atoms with Gasteiger partial charge < -0.3 is 15.6 Å². The zero-order valence-corrected chi connectivity index (χ0v) is 12.5. The van der Waals surface area contributed by atoms with Gasteiger partial charge in [0.2, 0.25) is 0 Å². The highest BCUT2D eigenvalue weighted by molar-refractivity contribution is 7.99. The maximum Gasteiger partial charge on any atom is 0.306 e. The van der Waals surface area contributed by atoms with Gasteiger partial charge in [-0.3, -0.25) is 4.79 Å². The van der Waals surface area contributed by atoms with Crippen LogP contribution in [0.15, 0.2) is 24.3 Å². The number of ether oxygens (including phenoxy) is 1. The van der Waals surface area contributed by atoms with Crippen LogP contribution in [0.4, 0.5) is 5.69 Å². The maximum atomic E-state index is 11.3. The van der Waals surface area contributed by atoms with Crippen LogP contribution >= 0.6 is 11.8 Å². The fourth-order valence-corrected chi connectivity index (χ4v) is 3.49. The summed E-state index contributed by atoms with van der Waals surface area (Å²) in [5.41, 5.74) is 7.31. The molecule has 4 nitrogen and oxygen atoms in total. The van der Waals surface area contributed by atoms with Crippen molar-refractivity contribution >= 4 is 23.4 Å². The van der Waals surface area contributed by atoms with Gasteiger partial charge in [0, 0.05) is 11.4 Å². The number of carbonyl (C=O) groups excluding carboxylic acids is 1. The quantitative estimate of drug-likeness (QED) is 0.597. The molecule has 1 aromatic carbocycles. The molecule has 0 aromatic heterocycles. The van der Waals surface area contributed by atoms with Crippen LogP contribution in [-0.2, 0) is 9.53 Å². The van der Waals surface area contributed by atoms with Crippen LogP contribution in [0.25, 0.3) is 0 Å². The molecule has 0 heterocycles. The minimum atomic E-state index is -0.491. The van der Waals surface area contributed by atoms with Gasteiger partial charge in [-0.2, -0.15) is 11.8 Å². The molecular weight excluding hydrogens is 274 g/mol. The topological polar surface area (TPSA) is 72.5 Å². The van der Waals surface area contributed by atoms with Crippen LogP contribution in [0.5, 0.6) is 0 Å². The number of carbonyl (C=O) groups is 1. The van der Waals surface area contributed by atoms with E-state index in [2.05, 4.69) is 0 Å². The van der Waals surface area contributed by atoms with E-state index in [1.807, 2.05) is 12.1 Å². The van der Waals surface area contributed by atoms with Crippen LogP contribution < -0.4 is 5.73 Å². The van der Waals surface area contributed by atoms with Crippen molar-refractivity contribution in [1.29, 1.82) is 0 Å². The van der Waals surface area contributed by atoms with Crippen molar-refractivity contribution in [3.8, 4) is 0 Å². The van der Waals surface area contributed by atoms with E-state index in [0.29, 0.717) is 17.9 Å². The molecule has 5 heteroatoms. The van der Waals surface area contributed by atoms with Crippen LogP contribution in [0.1, 0.15) is 30.9 Å². The van der Waals surface area contributed by atoms with E-state index in [4.69, 9.17) is 10.5 Å². The largest absolute Gasteiger partial charge is 0.469 e. The van der Waals surface area contributed by atoms with Crippen molar-refractivity contribution in [3.63, 3.8) is 0 Å². The molecule has 0 saturated heterocycles. The minimum Gasteiger partial charge on any atom is -0.469 e. The van der Waals surface area contributed by atoms with E-state index in [0.717, 1.165) is 24.2 Å². The highest BCUT2D eigenvalue weighted by Crippen LogP contribution is 2.51. The number of aliphatic hydroxyl groups excluding tert-OH is 1. The van der Waals surface area contributed by atoms with Crippen LogP contribution in [0.2, 0.25) is 0 Å². The molecular formula is C15H21NO3S. The highest BCUT2D eigenvalue weighted by Gasteiger charge is 2.44. The molecule has 20 heavy (non-hydrogen) atoms. The first-order valence-corrected chi connectivity index (χ1v) is 7.88. The van der Waals surface area contributed by atoms with Gasteiger partial charge in [-0.1, -0.05) is 12.1 Å². The summed E-state index contributed by atoms with van der Waals surface area (Å²) in [6, 6.07) is 7.29. The zero-order valence-electron chi connectivity index (χ0n) is 11.7. The molecule has 0 bridgehead atoms. The second-order valence-electron chi connectivity index (χ2n) is 5.45. The summed E-state index contributed by atoms with van der Waals surface area (Å²) in [6.07, 6.45) is 2.16. The SMILES string of the molecule is COC(=O)CC1(CSCC(O)c2ccc(N)cc2)CC1. The number of hydrogen-bond donors (Lipinski definition) is 2. The van der Waals surface area contributed by atoms with Gasteiger partial charge in [0.05, 0.1) is 19.6 Å². The van der Waals surface area contributed by atoms with E-state index < -0.39 is 6.10 Å². The van der Waals surface area contributed by atoms with Crippen molar-refractivity contribution in [2.24, 2.45) is 5.41 Å². The lowest BCUT2D eigenvalue weighted by atomic mass is 10.1. The second-order valence-corrected chi connectivity index (χ2v) is 6.48. The van der Waals surface area contributed by atoms with Gasteiger partial charge in [0.25, 0.3) is 0 Å². The molecule has 0 amide bonds. The van der Waals surface area contributed by atoms with Crippen LogP contribution in [0.3, 0.4) is 0 Å². The average Bonchev–Trinajstić information content (AvgIpc) is 3.19. The fourth-order valence-electron chi connectivity index (χ4n) is 2.13. The lowest BCUT2D eigenvalue weighted by Gasteiger charge is -2.15. The predicted octanol–water partition coefficient (Wildman–Crippen LogP) is 2.38.